The minimum Gasteiger partial charge on any atom is -0.241 e. The van der Waals surface area contributed by atoms with E-state index in [9.17, 15) is 8.42 Å². The Morgan fingerprint density at radius 3 is 2.43 bits per heavy atom. The van der Waals surface area contributed by atoms with Crippen LogP contribution in [-0.4, -0.2) is 24.0 Å². The Morgan fingerprint density at radius 1 is 1.00 bits per heavy atom. The van der Waals surface area contributed by atoms with Crippen molar-refractivity contribution in [3.63, 3.8) is 0 Å². The summed E-state index contributed by atoms with van der Waals surface area (Å²) in [5.41, 5.74) is 1.72. The third kappa shape index (κ3) is 3.27. The van der Waals surface area contributed by atoms with E-state index in [0.29, 0.717) is 16.3 Å². The Kier molecular flexibility index (Phi) is 4.99. The van der Waals surface area contributed by atoms with Crippen LogP contribution in [0.2, 0.25) is 0 Å². The molecule has 2 aromatic carbocycles. The number of fused-ring (bicyclic) bond motifs is 1. The number of thioether (sulfide) groups is 1. The predicted molar refractivity (Wildman–Crippen MR) is 97.8 cm³/mol. The number of aromatic nitrogens is 1. The summed E-state index contributed by atoms with van der Waals surface area (Å²) in [5, 5.41) is 0.967. The molecule has 0 aliphatic rings. The van der Waals surface area contributed by atoms with E-state index in [2.05, 4.69) is 0 Å². The van der Waals surface area contributed by atoms with Gasteiger partial charge in [0.25, 0.3) is 10.0 Å². The van der Waals surface area contributed by atoms with Gasteiger partial charge in [-0.1, -0.05) is 36.4 Å². The molecule has 0 radical (unpaired) electrons. The molecule has 0 amide bonds. The molecule has 0 saturated heterocycles. The number of rotatable bonds is 6. The summed E-state index contributed by atoms with van der Waals surface area (Å²) in [7, 11) is -3.59. The van der Waals surface area contributed by atoms with Crippen LogP contribution in [0, 0.1) is 0 Å². The minimum atomic E-state index is -3.59. The predicted octanol–water partition coefficient (Wildman–Crippen LogP) is 4.35. The first-order chi connectivity index (χ1) is 11.1. The molecule has 0 atom stereocenters. The van der Waals surface area contributed by atoms with Gasteiger partial charge >= 0.3 is 0 Å². The van der Waals surface area contributed by atoms with Gasteiger partial charge < -0.3 is 0 Å². The third-order valence-corrected chi connectivity index (χ3v) is 6.65. The lowest BCUT2D eigenvalue weighted by Gasteiger charge is -2.07. The highest BCUT2D eigenvalue weighted by Gasteiger charge is 2.20. The average Bonchev–Trinajstić information content (AvgIpc) is 2.96. The molecule has 3 nitrogen and oxygen atoms in total. The average molecular weight is 366 g/mol. The van der Waals surface area contributed by atoms with E-state index in [-0.39, 0.29) is 0 Å². The van der Waals surface area contributed by atoms with Gasteiger partial charge in [-0.3, -0.25) is 0 Å². The van der Waals surface area contributed by atoms with Crippen molar-refractivity contribution in [2.45, 2.75) is 10.6 Å². The standard InChI is InChI=1S/C17H16ClNO2S2/c18-10-11-22-13-14-12-19(17-9-5-4-8-16(14)17)23(20,21)15-6-2-1-3-7-15/h1-9,12H,10-11,13H2. The van der Waals surface area contributed by atoms with Crippen LogP contribution in [0.3, 0.4) is 0 Å². The number of para-hydroxylation sites is 1. The topological polar surface area (TPSA) is 39.1 Å². The molecule has 0 N–H and O–H groups in total. The molecule has 0 unspecified atom stereocenters. The molecule has 0 saturated carbocycles. The Balaban J connectivity index is 2.11. The van der Waals surface area contributed by atoms with E-state index in [0.717, 1.165) is 22.5 Å². The maximum Gasteiger partial charge on any atom is 0.268 e. The van der Waals surface area contributed by atoms with E-state index >= 15 is 0 Å². The minimum absolute atomic E-state index is 0.292. The fourth-order valence-electron chi connectivity index (χ4n) is 2.47. The monoisotopic (exact) mass is 365 g/mol. The van der Waals surface area contributed by atoms with E-state index in [1.165, 1.54) is 3.97 Å². The highest BCUT2D eigenvalue weighted by molar-refractivity contribution is 7.98. The quantitative estimate of drug-likeness (QED) is 0.481. The van der Waals surface area contributed by atoms with Crippen LogP contribution in [0.15, 0.2) is 65.7 Å². The number of alkyl halides is 1. The lowest BCUT2D eigenvalue weighted by molar-refractivity contribution is 0.589. The zero-order valence-corrected chi connectivity index (χ0v) is 14.7. The second-order valence-electron chi connectivity index (χ2n) is 5.03. The number of halogens is 1. The van der Waals surface area contributed by atoms with Gasteiger partial charge in [0.05, 0.1) is 10.4 Å². The van der Waals surface area contributed by atoms with Gasteiger partial charge in [0.15, 0.2) is 0 Å². The Morgan fingerprint density at radius 2 is 1.70 bits per heavy atom. The summed E-state index contributed by atoms with van der Waals surface area (Å²) in [5.74, 6) is 2.17. The van der Waals surface area contributed by atoms with Crippen LogP contribution >= 0.6 is 23.4 Å². The maximum absolute atomic E-state index is 12.9. The fraction of sp³-hybridized carbons (Fsp3) is 0.176. The zero-order chi connectivity index (χ0) is 16.3. The molecule has 0 aliphatic carbocycles. The van der Waals surface area contributed by atoms with Crippen molar-refractivity contribution in [1.29, 1.82) is 0 Å². The normalized spacial score (nSPS) is 11.9. The van der Waals surface area contributed by atoms with Crippen LogP contribution in [0.25, 0.3) is 10.9 Å². The van der Waals surface area contributed by atoms with Gasteiger partial charge in [-0.15, -0.1) is 11.6 Å². The van der Waals surface area contributed by atoms with Crippen molar-refractivity contribution in [2.75, 3.05) is 11.6 Å². The summed E-state index contributed by atoms with van der Waals surface area (Å²) in [6.45, 7) is 0. The van der Waals surface area contributed by atoms with E-state index < -0.39 is 10.0 Å². The van der Waals surface area contributed by atoms with E-state index in [4.69, 9.17) is 11.6 Å². The van der Waals surface area contributed by atoms with Crippen LogP contribution in [-0.2, 0) is 15.8 Å². The summed E-state index contributed by atoms with van der Waals surface area (Å²) < 4.78 is 27.2. The smallest absolute Gasteiger partial charge is 0.241 e. The first-order valence-corrected chi connectivity index (χ1v) is 10.3. The largest absolute Gasteiger partial charge is 0.268 e. The molecule has 3 rings (SSSR count). The van der Waals surface area contributed by atoms with Crippen LogP contribution in [0.5, 0.6) is 0 Å². The van der Waals surface area contributed by atoms with Crippen molar-refractivity contribution in [3.05, 3.63) is 66.4 Å². The van der Waals surface area contributed by atoms with Gasteiger partial charge in [0, 0.05) is 29.0 Å². The lowest BCUT2D eigenvalue weighted by atomic mass is 10.2. The highest BCUT2D eigenvalue weighted by atomic mass is 35.5. The van der Waals surface area contributed by atoms with Crippen molar-refractivity contribution in [2.24, 2.45) is 0 Å². The van der Waals surface area contributed by atoms with Crippen molar-refractivity contribution in [1.82, 2.24) is 3.97 Å². The molecule has 0 spiro atoms. The van der Waals surface area contributed by atoms with Gasteiger partial charge in [0.2, 0.25) is 0 Å². The Bertz CT molecular complexity index is 905. The van der Waals surface area contributed by atoms with E-state index in [1.54, 1.807) is 48.3 Å². The number of benzene rings is 2. The van der Waals surface area contributed by atoms with Crippen molar-refractivity contribution >= 4 is 44.3 Å². The lowest BCUT2D eigenvalue weighted by Crippen LogP contribution is -2.11. The number of hydrogen-bond donors (Lipinski definition) is 0. The second-order valence-corrected chi connectivity index (χ2v) is 8.33. The number of hydrogen-bond acceptors (Lipinski definition) is 3. The van der Waals surface area contributed by atoms with Crippen molar-refractivity contribution in [3.8, 4) is 0 Å². The van der Waals surface area contributed by atoms with Gasteiger partial charge in [-0.05, 0) is 23.8 Å². The third-order valence-electron chi connectivity index (χ3n) is 3.54. The van der Waals surface area contributed by atoms with E-state index in [1.807, 2.05) is 24.3 Å². The van der Waals surface area contributed by atoms with Gasteiger partial charge in [0.1, 0.15) is 0 Å². The second kappa shape index (κ2) is 6.99. The summed E-state index contributed by atoms with van der Waals surface area (Å²) in [6, 6.07) is 16.1. The van der Waals surface area contributed by atoms with Crippen molar-refractivity contribution < 1.29 is 8.42 Å². The molecule has 0 aliphatic heterocycles. The first kappa shape index (κ1) is 16.4. The molecule has 1 heterocycles. The fourth-order valence-corrected chi connectivity index (χ4v) is 4.92. The zero-order valence-electron chi connectivity index (χ0n) is 12.4. The molecular formula is C17H16ClNO2S2. The van der Waals surface area contributed by atoms with Gasteiger partial charge in [-0.25, -0.2) is 12.4 Å². The maximum atomic E-state index is 12.9. The molecule has 0 fully saturated rings. The molecular weight excluding hydrogens is 350 g/mol. The first-order valence-electron chi connectivity index (χ1n) is 7.18. The van der Waals surface area contributed by atoms with Crippen LogP contribution in [0.1, 0.15) is 5.56 Å². The van der Waals surface area contributed by atoms with Crippen LogP contribution in [0.4, 0.5) is 0 Å². The molecule has 0 bridgehead atoms. The summed E-state index contributed by atoms with van der Waals surface area (Å²) >= 11 is 7.42. The molecule has 6 heteroatoms. The molecule has 120 valence electrons. The number of nitrogens with zero attached hydrogens (tertiary/aromatic N) is 1. The Labute approximate surface area is 145 Å². The molecule has 3 aromatic rings. The summed E-state index contributed by atoms with van der Waals surface area (Å²) in [4.78, 5) is 0.292. The van der Waals surface area contributed by atoms with Crippen LogP contribution < -0.4 is 0 Å². The van der Waals surface area contributed by atoms with Gasteiger partial charge in [-0.2, -0.15) is 11.8 Å². The highest BCUT2D eigenvalue weighted by Crippen LogP contribution is 2.28. The molecule has 23 heavy (non-hydrogen) atoms. The Hall–Kier alpha value is -1.43. The summed E-state index contributed by atoms with van der Waals surface area (Å²) in [6.07, 6.45) is 1.73. The molecule has 1 aromatic heterocycles. The SMILES string of the molecule is O=S(=O)(c1ccccc1)n1cc(CSCCCl)c2ccccc21.